The van der Waals surface area contributed by atoms with Crippen molar-refractivity contribution in [3.8, 4) is 5.75 Å². The Balaban J connectivity index is 1.48. The summed E-state index contributed by atoms with van der Waals surface area (Å²) < 4.78 is 5.91. The molecule has 24 heavy (non-hydrogen) atoms. The van der Waals surface area contributed by atoms with Crippen LogP contribution in [0, 0.1) is 5.92 Å². The van der Waals surface area contributed by atoms with Gasteiger partial charge in [0.25, 0.3) is 0 Å². The number of fused-ring (bicyclic) bond motifs is 1. The molecule has 0 radical (unpaired) electrons. The Morgan fingerprint density at radius 2 is 2.00 bits per heavy atom. The monoisotopic (exact) mass is 321 g/mol. The molecular formula is C18H19N5O. The highest BCUT2D eigenvalue weighted by molar-refractivity contribution is 5.86. The van der Waals surface area contributed by atoms with E-state index in [1.165, 1.54) is 6.42 Å². The lowest BCUT2D eigenvalue weighted by Crippen LogP contribution is -2.38. The van der Waals surface area contributed by atoms with Crippen molar-refractivity contribution in [2.24, 2.45) is 5.92 Å². The van der Waals surface area contributed by atoms with Crippen LogP contribution < -0.4 is 9.64 Å². The van der Waals surface area contributed by atoms with E-state index in [0.717, 1.165) is 42.1 Å². The summed E-state index contributed by atoms with van der Waals surface area (Å²) in [6.45, 7) is 2.65. The van der Waals surface area contributed by atoms with Crippen molar-refractivity contribution in [2.75, 3.05) is 24.6 Å². The second-order valence-electron chi connectivity index (χ2n) is 6.02. The highest BCUT2D eigenvalue weighted by atomic mass is 16.5. The van der Waals surface area contributed by atoms with Crippen molar-refractivity contribution in [1.29, 1.82) is 0 Å². The van der Waals surface area contributed by atoms with Gasteiger partial charge in [-0.1, -0.05) is 0 Å². The van der Waals surface area contributed by atoms with Gasteiger partial charge in [0.2, 0.25) is 0 Å². The Bertz CT molecular complexity index is 805. The molecule has 1 aliphatic heterocycles. The minimum atomic E-state index is 0.480. The molecule has 0 spiro atoms. The molecule has 4 rings (SSSR count). The normalized spacial score (nSPS) is 17.8. The highest BCUT2D eigenvalue weighted by Crippen LogP contribution is 2.27. The van der Waals surface area contributed by atoms with Crippen LogP contribution in [-0.4, -0.2) is 39.6 Å². The zero-order chi connectivity index (χ0) is 16.2. The second kappa shape index (κ2) is 6.78. The van der Waals surface area contributed by atoms with Crippen molar-refractivity contribution in [2.45, 2.75) is 12.8 Å². The van der Waals surface area contributed by atoms with E-state index in [1.807, 2.05) is 24.3 Å². The fourth-order valence-electron chi connectivity index (χ4n) is 3.18. The van der Waals surface area contributed by atoms with Crippen LogP contribution in [0.15, 0.2) is 49.2 Å². The molecule has 6 heteroatoms. The number of rotatable bonds is 4. The van der Waals surface area contributed by atoms with E-state index in [0.29, 0.717) is 12.5 Å². The molecule has 0 aromatic carbocycles. The first kappa shape index (κ1) is 14.8. The number of piperidine rings is 1. The summed E-state index contributed by atoms with van der Waals surface area (Å²) in [7, 11) is 0. The van der Waals surface area contributed by atoms with Crippen LogP contribution >= 0.6 is 0 Å². The first-order valence-corrected chi connectivity index (χ1v) is 8.23. The van der Waals surface area contributed by atoms with Gasteiger partial charge < -0.3 is 9.64 Å². The van der Waals surface area contributed by atoms with Crippen LogP contribution in [0.1, 0.15) is 12.8 Å². The van der Waals surface area contributed by atoms with E-state index in [-0.39, 0.29) is 0 Å². The first-order valence-electron chi connectivity index (χ1n) is 8.23. The smallest absolute Gasteiger partial charge is 0.164 e. The molecule has 3 aromatic heterocycles. The molecule has 4 heterocycles. The van der Waals surface area contributed by atoms with Gasteiger partial charge in [-0.15, -0.1) is 0 Å². The largest absolute Gasteiger partial charge is 0.493 e. The summed E-state index contributed by atoms with van der Waals surface area (Å²) in [5.74, 6) is 2.33. The second-order valence-corrected chi connectivity index (χ2v) is 6.02. The van der Waals surface area contributed by atoms with Gasteiger partial charge in [-0.2, -0.15) is 0 Å². The van der Waals surface area contributed by atoms with Crippen LogP contribution in [0.25, 0.3) is 11.0 Å². The summed E-state index contributed by atoms with van der Waals surface area (Å²) in [5, 5.41) is 1.01. The summed E-state index contributed by atoms with van der Waals surface area (Å²) >= 11 is 0. The minimum absolute atomic E-state index is 0.480. The fourth-order valence-corrected chi connectivity index (χ4v) is 3.18. The van der Waals surface area contributed by atoms with Crippen LogP contribution in [-0.2, 0) is 0 Å². The van der Waals surface area contributed by atoms with Gasteiger partial charge in [-0.05, 0) is 37.1 Å². The molecule has 3 aromatic rings. The molecule has 0 amide bonds. The third-order valence-electron chi connectivity index (χ3n) is 4.34. The Morgan fingerprint density at radius 3 is 2.92 bits per heavy atom. The van der Waals surface area contributed by atoms with Crippen LogP contribution in [0.2, 0.25) is 0 Å². The van der Waals surface area contributed by atoms with Gasteiger partial charge in [0.1, 0.15) is 17.9 Å². The summed E-state index contributed by atoms with van der Waals surface area (Å²) in [6, 6.07) is 7.76. The number of ether oxygens (including phenoxy) is 1. The summed E-state index contributed by atoms with van der Waals surface area (Å²) in [5.41, 5.74) is 0.748. The summed E-state index contributed by atoms with van der Waals surface area (Å²) in [6.07, 6.45) is 9.17. The van der Waals surface area contributed by atoms with Gasteiger partial charge in [0.15, 0.2) is 5.65 Å². The molecule has 1 atom stereocenters. The van der Waals surface area contributed by atoms with E-state index in [1.54, 1.807) is 24.9 Å². The van der Waals surface area contributed by atoms with Gasteiger partial charge in [0, 0.05) is 37.6 Å². The molecule has 1 saturated heterocycles. The topological polar surface area (TPSA) is 64.0 Å². The van der Waals surface area contributed by atoms with E-state index in [2.05, 4.69) is 24.8 Å². The number of hydrogen-bond donors (Lipinski definition) is 0. The van der Waals surface area contributed by atoms with Crippen LogP contribution in [0.5, 0.6) is 5.75 Å². The lowest BCUT2D eigenvalue weighted by Gasteiger charge is -2.33. The number of aromatic nitrogens is 4. The molecule has 6 nitrogen and oxygen atoms in total. The van der Waals surface area contributed by atoms with Gasteiger partial charge in [-0.3, -0.25) is 4.98 Å². The Morgan fingerprint density at radius 1 is 1.08 bits per heavy atom. The van der Waals surface area contributed by atoms with E-state index in [4.69, 9.17) is 4.74 Å². The third kappa shape index (κ3) is 3.13. The van der Waals surface area contributed by atoms with Crippen molar-refractivity contribution in [3.63, 3.8) is 0 Å². The maximum absolute atomic E-state index is 5.91. The average Bonchev–Trinajstić information content (AvgIpc) is 2.67. The average molecular weight is 321 g/mol. The maximum Gasteiger partial charge on any atom is 0.164 e. The molecular weight excluding hydrogens is 302 g/mol. The lowest BCUT2D eigenvalue weighted by atomic mass is 9.99. The predicted octanol–water partition coefficient (Wildman–Crippen LogP) is 2.72. The number of nitrogens with zero attached hydrogens (tertiary/aromatic N) is 5. The SMILES string of the molecule is c1cnc2ncnc(N3CCCC(COc4ccncc4)C3)c2c1. The molecule has 122 valence electrons. The third-order valence-corrected chi connectivity index (χ3v) is 4.34. The highest BCUT2D eigenvalue weighted by Gasteiger charge is 2.23. The quantitative estimate of drug-likeness (QED) is 0.736. The van der Waals surface area contributed by atoms with Crippen LogP contribution in [0.4, 0.5) is 5.82 Å². The van der Waals surface area contributed by atoms with Crippen molar-refractivity contribution >= 4 is 16.9 Å². The minimum Gasteiger partial charge on any atom is -0.493 e. The zero-order valence-corrected chi connectivity index (χ0v) is 13.4. The van der Waals surface area contributed by atoms with E-state index in [9.17, 15) is 0 Å². The number of hydrogen-bond acceptors (Lipinski definition) is 6. The predicted molar refractivity (Wildman–Crippen MR) is 92.0 cm³/mol. The first-order chi connectivity index (χ1) is 11.9. The Hall–Kier alpha value is -2.76. The molecule has 1 unspecified atom stereocenters. The standard InChI is InChI=1S/C18H19N5O/c1-4-16-17(20-7-1)21-13-22-18(16)23-10-2-3-14(11-23)12-24-15-5-8-19-9-6-15/h1,4-9,13-14H,2-3,10-12H2. The maximum atomic E-state index is 5.91. The molecule has 1 aliphatic rings. The van der Waals surface area contributed by atoms with Gasteiger partial charge in [0.05, 0.1) is 12.0 Å². The molecule has 0 aliphatic carbocycles. The molecule has 1 fully saturated rings. The van der Waals surface area contributed by atoms with Gasteiger partial charge >= 0.3 is 0 Å². The van der Waals surface area contributed by atoms with Crippen molar-refractivity contribution < 1.29 is 4.74 Å². The van der Waals surface area contributed by atoms with Crippen LogP contribution in [0.3, 0.4) is 0 Å². The lowest BCUT2D eigenvalue weighted by molar-refractivity contribution is 0.228. The van der Waals surface area contributed by atoms with Crippen molar-refractivity contribution in [1.82, 2.24) is 19.9 Å². The zero-order valence-electron chi connectivity index (χ0n) is 13.4. The molecule has 0 N–H and O–H groups in total. The van der Waals surface area contributed by atoms with E-state index < -0.39 is 0 Å². The number of pyridine rings is 2. The fraction of sp³-hybridized carbons (Fsp3) is 0.333. The van der Waals surface area contributed by atoms with Gasteiger partial charge in [-0.25, -0.2) is 15.0 Å². The van der Waals surface area contributed by atoms with E-state index >= 15 is 0 Å². The summed E-state index contributed by atoms with van der Waals surface area (Å²) in [4.78, 5) is 19.4. The molecule has 0 bridgehead atoms. The Kier molecular flexibility index (Phi) is 4.18. The number of anilines is 1. The molecule has 0 saturated carbocycles. The Labute approximate surface area is 140 Å². The van der Waals surface area contributed by atoms with Crippen molar-refractivity contribution in [3.05, 3.63) is 49.2 Å².